The first-order valence-corrected chi connectivity index (χ1v) is 11.5. The van der Waals surface area contributed by atoms with E-state index in [1.807, 2.05) is 32.9 Å². The molecule has 30 heavy (non-hydrogen) atoms. The lowest BCUT2D eigenvalue weighted by Gasteiger charge is -2.36. The summed E-state index contributed by atoms with van der Waals surface area (Å²) in [6.45, 7) is 15.6. The maximum absolute atomic E-state index is 13.3. The summed E-state index contributed by atoms with van der Waals surface area (Å²) >= 11 is 0. The summed E-state index contributed by atoms with van der Waals surface area (Å²) in [5.41, 5.74) is 2.38. The smallest absolute Gasteiger partial charge is 0.268 e. The highest BCUT2D eigenvalue weighted by Gasteiger charge is 2.41. The van der Waals surface area contributed by atoms with Crippen LogP contribution < -0.4 is 10.1 Å². The average Bonchev–Trinajstić information content (AvgIpc) is 2.76. The Morgan fingerprint density at radius 1 is 1.07 bits per heavy atom. The number of benzene rings is 1. The molecule has 5 nitrogen and oxygen atoms in total. The molecule has 168 valence electrons. The molecule has 2 N–H and O–H groups in total. The minimum atomic E-state index is -0.995. The minimum Gasteiger partial charge on any atom is -0.507 e. The van der Waals surface area contributed by atoms with Crippen LogP contribution in [0.15, 0.2) is 6.08 Å². The zero-order valence-electron chi connectivity index (χ0n) is 19.7. The van der Waals surface area contributed by atoms with E-state index in [2.05, 4.69) is 31.0 Å². The van der Waals surface area contributed by atoms with Gasteiger partial charge in [0.15, 0.2) is 0 Å². The summed E-state index contributed by atoms with van der Waals surface area (Å²) in [6, 6.07) is 0. The van der Waals surface area contributed by atoms with E-state index < -0.39 is 5.60 Å². The molecule has 1 unspecified atom stereocenters. The Balaban J connectivity index is 2.28. The monoisotopic (exact) mass is 416 g/mol. The normalized spacial score (nSPS) is 17.7. The second-order valence-electron chi connectivity index (χ2n) is 8.38. The van der Waals surface area contributed by atoms with Crippen molar-refractivity contribution >= 4 is 12.0 Å². The SMILES string of the molecule is CCCCCCC1(C(=O)NCCN(CC)CC)C=Cc2c(C)c(O)c(C)c(C)c2O1. The van der Waals surface area contributed by atoms with E-state index in [-0.39, 0.29) is 5.91 Å². The zero-order chi connectivity index (χ0) is 22.3. The molecule has 1 aromatic rings. The van der Waals surface area contributed by atoms with E-state index >= 15 is 0 Å². The predicted octanol–water partition coefficient (Wildman–Crippen LogP) is 4.89. The Labute approximate surface area is 182 Å². The van der Waals surface area contributed by atoms with E-state index in [1.54, 1.807) is 0 Å². The van der Waals surface area contributed by atoms with Crippen LogP contribution in [0.2, 0.25) is 0 Å². The molecule has 5 heteroatoms. The number of phenolic OH excluding ortho intramolecular Hbond substituents is 1. The Bertz CT molecular complexity index is 768. The number of rotatable bonds is 11. The second kappa shape index (κ2) is 10.9. The Morgan fingerprint density at radius 2 is 1.77 bits per heavy atom. The first kappa shape index (κ1) is 24.3. The molecule has 0 bridgehead atoms. The summed E-state index contributed by atoms with van der Waals surface area (Å²) in [5, 5.41) is 13.5. The van der Waals surface area contributed by atoms with Crippen molar-refractivity contribution < 1.29 is 14.6 Å². The third kappa shape index (κ3) is 5.18. The number of fused-ring (bicyclic) bond motifs is 1. The van der Waals surface area contributed by atoms with E-state index in [4.69, 9.17) is 4.74 Å². The van der Waals surface area contributed by atoms with Gasteiger partial charge in [0.1, 0.15) is 11.5 Å². The van der Waals surface area contributed by atoms with Gasteiger partial charge in [0.2, 0.25) is 5.60 Å². The molecule has 0 fully saturated rings. The number of likely N-dealkylation sites (N-methyl/N-ethyl adjacent to an activating group) is 1. The molecule has 1 atom stereocenters. The number of ether oxygens (including phenoxy) is 1. The van der Waals surface area contributed by atoms with Gasteiger partial charge in [0.25, 0.3) is 5.91 Å². The first-order valence-electron chi connectivity index (χ1n) is 11.5. The highest BCUT2D eigenvalue weighted by atomic mass is 16.5. The third-order valence-electron chi connectivity index (χ3n) is 6.46. The number of nitrogens with zero attached hydrogens (tertiary/aromatic N) is 1. The molecule has 1 aliphatic rings. The van der Waals surface area contributed by atoms with Crippen molar-refractivity contribution in [1.29, 1.82) is 0 Å². The van der Waals surface area contributed by atoms with Crippen LogP contribution in [-0.2, 0) is 4.79 Å². The quantitative estimate of drug-likeness (QED) is 0.504. The highest BCUT2D eigenvalue weighted by Crippen LogP contribution is 2.43. The topological polar surface area (TPSA) is 61.8 Å². The predicted molar refractivity (Wildman–Crippen MR) is 124 cm³/mol. The average molecular weight is 417 g/mol. The van der Waals surface area contributed by atoms with Crippen molar-refractivity contribution in [2.75, 3.05) is 26.2 Å². The Morgan fingerprint density at radius 3 is 2.40 bits per heavy atom. The van der Waals surface area contributed by atoms with Gasteiger partial charge < -0.3 is 20.1 Å². The standard InChI is InChI=1S/C25H40N2O3/c1-7-10-11-12-14-25(24(29)26-16-17-27(8-2)9-3)15-13-21-20(6)22(28)18(4)19(5)23(21)30-25/h13,15,28H,7-12,14,16-17H2,1-6H3,(H,26,29). The maximum atomic E-state index is 13.3. The molecular formula is C25H40N2O3. The number of nitrogens with one attached hydrogen (secondary N) is 1. The first-order chi connectivity index (χ1) is 14.3. The van der Waals surface area contributed by atoms with Gasteiger partial charge in [-0.25, -0.2) is 0 Å². The number of hydrogen-bond acceptors (Lipinski definition) is 4. The number of hydrogen-bond donors (Lipinski definition) is 2. The van der Waals surface area contributed by atoms with Crippen LogP contribution >= 0.6 is 0 Å². The van der Waals surface area contributed by atoms with Gasteiger partial charge in [-0.3, -0.25) is 4.79 Å². The lowest BCUT2D eigenvalue weighted by Crippen LogP contribution is -2.52. The summed E-state index contributed by atoms with van der Waals surface area (Å²) in [6.07, 6.45) is 8.84. The number of aromatic hydroxyl groups is 1. The lowest BCUT2D eigenvalue weighted by molar-refractivity contribution is -0.134. The third-order valence-corrected chi connectivity index (χ3v) is 6.46. The van der Waals surface area contributed by atoms with E-state index in [0.717, 1.165) is 73.3 Å². The number of phenols is 1. The van der Waals surface area contributed by atoms with Crippen molar-refractivity contribution in [3.05, 3.63) is 28.3 Å². The fourth-order valence-electron chi connectivity index (χ4n) is 4.10. The second-order valence-corrected chi connectivity index (χ2v) is 8.38. The molecular weight excluding hydrogens is 376 g/mol. The maximum Gasteiger partial charge on any atom is 0.268 e. The molecule has 0 radical (unpaired) electrons. The highest BCUT2D eigenvalue weighted by molar-refractivity contribution is 5.91. The van der Waals surface area contributed by atoms with Gasteiger partial charge in [-0.05, 0) is 57.5 Å². The summed E-state index contributed by atoms with van der Waals surface area (Å²) in [5.74, 6) is 0.953. The van der Waals surface area contributed by atoms with Gasteiger partial charge in [-0.1, -0.05) is 46.1 Å². The molecule has 0 aliphatic carbocycles. The fraction of sp³-hybridized carbons (Fsp3) is 0.640. The van der Waals surface area contributed by atoms with Gasteiger partial charge in [-0.15, -0.1) is 0 Å². The Hall–Kier alpha value is -2.01. The van der Waals surface area contributed by atoms with Gasteiger partial charge in [-0.2, -0.15) is 0 Å². The lowest BCUT2D eigenvalue weighted by atomic mass is 9.88. The van der Waals surface area contributed by atoms with Crippen LogP contribution in [0.4, 0.5) is 0 Å². The largest absolute Gasteiger partial charge is 0.507 e. The van der Waals surface area contributed by atoms with Crippen molar-refractivity contribution in [3.8, 4) is 11.5 Å². The van der Waals surface area contributed by atoms with Gasteiger partial charge in [0.05, 0.1) is 0 Å². The van der Waals surface area contributed by atoms with E-state index in [9.17, 15) is 9.90 Å². The molecule has 0 aromatic heterocycles. The number of carbonyl (C=O) groups is 1. The van der Waals surface area contributed by atoms with E-state index in [0.29, 0.717) is 18.7 Å². The van der Waals surface area contributed by atoms with Crippen LogP contribution in [0.3, 0.4) is 0 Å². The molecule has 1 heterocycles. The summed E-state index contributed by atoms with van der Waals surface area (Å²) < 4.78 is 6.50. The van der Waals surface area contributed by atoms with Crippen LogP contribution in [0.25, 0.3) is 6.08 Å². The number of amides is 1. The Kier molecular flexibility index (Phi) is 8.78. The fourth-order valence-corrected chi connectivity index (χ4v) is 4.10. The van der Waals surface area contributed by atoms with Crippen molar-refractivity contribution in [2.45, 2.75) is 79.2 Å². The molecule has 2 rings (SSSR count). The van der Waals surface area contributed by atoms with Crippen LogP contribution in [0, 0.1) is 20.8 Å². The van der Waals surface area contributed by atoms with Crippen LogP contribution in [-0.4, -0.2) is 47.7 Å². The summed E-state index contributed by atoms with van der Waals surface area (Å²) in [7, 11) is 0. The van der Waals surface area contributed by atoms with Crippen LogP contribution in [0.1, 0.15) is 75.1 Å². The summed E-state index contributed by atoms with van der Waals surface area (Å²) in [4.78, 5) is 15.6. The molecule has 1 amide bonds. The molecule has 0 saturated carbocycles. The molecule has 0 saturated heterocycles. The number of carbonyl (C=O) groups excluding carboxylic acids is 1. The zero-order valence-corrected chi connectivity index (χ0v) is 19.7. The van der Waals surface area contributed by atoms with Crippen molar-refractivity contribution in [1.82, 2.24) is 10.2 Å². The van der Waals surface area contributed by atoms with Crippen LogP contribution in [0.5, 0.6) is 11.5 Å². The van der Waals surface area contributed by atoms with E-state index in [1.165, 1.54) is 0 Å². The molecule has 1 aliphatic heterocycles. The molecule has 1 aromatic carbocycles. The number of unbranched alkanes of at least 4 members (excludes halogenated alkanes) is 3. The molecule has 0 spiro atoms. The van der Waals surface area contributed by atoms with Gasteiger partial charge in [0, 0.05) is 30.6 Å². The minimum absolute atomic E-state index is 0.0733. The van der Waals surface area contributed by atoms with Crippen molar-refractivity contribution in [2.24, 2.45) is 0 Å². The van der Waals surface area contributed by atoms with Gasteiger partial charge >= 0.3 is 0 Å². The van der Waals surface area contributed by atoms with Crippen molar-refractivity contribution in [3.63, 3.8) is 0 Å².